The SMILES string of the molecule is CCCCCOc1ccc(S(OS(=O)(=O)C(F)(F)C(F)(F)C(F)(F)C(F)(F)F)(c2ccccc2)c2ccccc2)cc1. The highest BCUT2D eigenvalue weighted by molar-refractivity contribution is 8.33. The van der Waals surface area contributed by atoms with Gasteiger partial charge in [-0.25, -0.2) is 3.63 Å². The van der Waals surface area contributed by atoms with E-state index in [1.165, 1.54) is 84.9 Å². The minimum atomic E-state index is -7.45. The number of unbranched alkanes of at least 4 members (excludes halogenated alkanes) is 2. The molecule has 0 unspecified atom stereocenters. The van der Waals surface area contributed by atoms with Crippen LogP contribution in [0.5, 0.6) is 5.75 Å². The molecule has 0 saturated carbocycles. The molecule has 0 heterocycles. The molecule has 0 aromatic heterocycles. The summed E-state index contributed by atoms with van der Waals surface area (Å²) in [6, 6.07) is 18.2. The molecule has 0 fully saturated rings. The number of hydrogen-bond donors (Lipinski definition) is 0. The highest BCUT2D eigenvalue weighted by Crippen LogP contribution is 2.71. The predicted molar refractivity (Wildman–Crippen MR) is 138 cm³/mol. The topological polar surface area (TPSA) is 52.6 Å². The number of alkyl halides is 9. The van der Waals surface area contributed by atoms with E-state index in [2.05, 4.69) is 0 Å². The molecule has 4 nitrogen and oxygen atoms in total. The van der Waals surface area contributed by atoms with Crippen molar-refractivity contribution in [1.82, 2.24) is 0 Å². The highest BCUT2D eigenvalue weighted by Gasteiger charge is 2.86. The lowest BCUT2D eigenvalue weighted by atomic mass is 10.1. The van der Waals surface area contributed by atoms with Crippen LogP contribution in [0.3, 0.4) is 0 Å². The van der Waals surface area contributed by atoms with Gasteiger partial charge in [-0.1, -0.05) is 56.2 Å². The van der Waals surface area contributed by atoms with Crippen molar-refractivity contribution < 1.29 is 56.3 Å². The van der Waals surface area contributed by atoms with Gasteiger partial charge in [-0.05, 0) is 65.3 Å². The maximum absolute atomic E-state index is 14.9. The summed E-state index contributed by atoms with van der Waals surface area (Å²) in [6.07, 6.45) is -4.74. The van der Waals surface area contributed by atoms with Gasteiger partial charge in [-0.3, -0.25) is 0 Å². The Balaban J connectivity index is 2.25. The lowest BCUT2D eigenvalue weighted by Gasteiger charge is -2.41. The number of hydrogen-bond acceptors (Lipinski definition) is 4. The second kappa shape index (κ2) is 12.4. The van der Waals surface area contributed by atoms with Crippen LogP contribution in [-0.4, -0.2) is 38.3 Å². The average Bonchev–Trinajstić information content (AvgIpc) is 2.94. The fraction of sp³-hybridized carbons (Fsp3) is 0.333. The van der Waals surface area contributed by atoms with E-state index >= 15 is 0 Å². The maximum Gasteiger partial charge on any atom is 0.460 e. The molecule has 0 amide bonds. The summed E-state index contributed by atoms with van der Waals surface area (Å²) in [5.41, 5.74) is 0. The Morgan fingerprint density at radius 3 is 1.50 bits per heavy atom. The molecular weight excluding hydrogens is 623 g/mol. The van der Waals surface area contributed by atoms with Crippen LogP contribution < -0.4 is 4.74 Å². The Labute approximate surface area is 238 Å². The van der Waals surface area contributed by atoms with Crippen LogP contribution >= 0.6 is 10.3 Å². The molecule has 15 heteroatoms. The zero-order chi connectivity index (χ0) is 31.5. The van der Waals surface area contributed by atoms with Gasteiger partial charge in [0.25, 0.3) is 0 Å². The van der Waals surface area contributed by atoms with Crippen molar-refractivity contribution in [2.45, 2.75) is 64.1 Å². The smallest absolute Gasteiger partial charge is 0.460 e. The van der Waals surface area contributed by atoms with Crippen LogP contribution in [0.1, 0.15) is 26.2 Å². The zero-order valence-corrected chi connectivity index (χ0v) is 23.4. The minimum Gasteiger partial charge on any atom is -0.494 e. The normalized spacial score (nSPS) is 14.0. The molecule has 0 N–H and O–H groups in total. The first kappa shape index (κ1) is 33.6. The van der Waals surface area contributed by atoms with E-state index < -0.39 is 43.7 Å². The van der Waals surface area contributed by atoms with Crippen LogP contribution in [0.2, 0.25) is 0 Å². The Bertz CT molecular complexity index is 1380. The van der Waals surface area contributed by atoms with E-state index in [4.69, 9.17) is 8.37 Å². The second-order valence-corrected chi connectivity index (χ2v) is 13.4. The van der Waals surface area contributed by atoms with E-state index in [9.17, 15) is 47.9 Å². The van der Waals surface area contributed by atoms with Crippen LogP contribution in [0.15, 0.2) is 99.6 Å². The first-order valence-corrected chi connectivity index (χ1v) is 15.2. The second-order valence-electron chi connectivity index (χ2n) is 8.89. The van der Waals surface area contributed by atoms with Gasteiger partial charge >= 0.3 is 33.4 Å². The van der Waals surface area contributed by atoms with E-state index in [0.29, 0.717) is 13.0 Å². The summed E-state index contributed by atoms with van der Waals surface area (Å²) >= 11 is 0. The molecule has 0 bridgehead atoms. The average molecular weight is 649 g/mol. The van der Waals surface area contributed by atoms with Crippen molar-refractivity contribution in [1.29, 1.82) is 0 Å². The summed E-state index contributed by atoms with van der Waals surface area (Å²) in [5.74, 6) is -14.6. The standard InChI is InChI=1S/C27H25F9O4S2/c1-2-3-10-19-39-20-15-17-23(18-16-20)41(21-11-6-4-7-12-21,22-13-8-5-9-14-22)40-42(37,38)27(35,36)25(30,31)24(28,29)26(32,33)34/h4-9,11-18H,2-3,10,19H2,1H3. The number of benzene rings is 3. The molecule has 42 heavy (non-hydrogen) atoms. The third kappa shape index (κ3) is 6.09. The van der Waals surface area contributed by atoms with Gasteiger partial charge < -0.3 is 4.74 Å². The van der Waals surface area contributed by atoms with Crippen LogP contribution in [0.4, 0.5) is 39.5 Å². The van der Waals surface area contributed by atoms with Crippen molar-refractivity contribution in [2.75, 3.05) is 6.61 Å². The predicted octanol–water partition coefficient (Wildman–Crippen LogP) is 9.22. The van der Waals surface area contributed by atoms with Crippen LogP contribution in [0.25, 0.3) is 0 Å². The van der Waals surface area contributed by atoms with Gasteiger partial charge in [0.05, 0.1) is 6.61 Å². The Kier molecular flexibility index (Phi) is 9.89. The molecule has 0 spiro atoms. The first-order chi connectivity index (χ1) is 19.5. The third-order valence-corrected chi connectivity index (χ3v) is 11.2. The molecule has 3 aromatic rings. The molecule has 0 saturated heterocycles. The van der Waals surface area contributed by atoms with Crippen molar-refractivity contribution in [3.05, 3.63) is 84.9 Å². The van der Waals surface area contributed by atoms with Gasteiger partial charge in [-0.15, -0.1) is 0 Å². The molecule has 0 atom stereocenters. The van der Waals surface area contributed by atoms with Gasteiger partial charge in [0.15, 0.2) is 0 Å². The lowest BCUT2D eigenvalue weighted by Crippen LogP contribution is -2.63. The Morgan fingerprint density at radius 2 is 1.07 bits per heavy atom. The van der Waals surface area contributed by atoms with E-state index in [-0.39, 0.29) is 20.4 Å². The fourth-order valence-electron chi connectivity index (χ4n) is 3.71. The van der Waals surface area contributed by atoms with Crippen molar-refractivity contribution in [3.8, 4) is 5.75 Å². The molecule has 0 aliphatic rings. The first-order valence-electron chi connectivity index (χ1n) is 12.3. The summed E-state index contributed by atoms with van der Waals surface area (Å²) in [4.78, 5) is -0.526. The highest BCUT2D eigenvalue weighted by atomic mass is 32.3. The van der Waals surface area contributed by atoms with Crippen molar-refractivity contribution in [2.24, 2.45) is 0 Å². The minimum absolute atomic E-state index is 0.168. The van der Waals surface area contributed by atoms with E-state index in [1.54, 1.807) is 0 Å². The van der Waals surface area contributed by atoms with E-state index in [1.807, 2.05) is 6.92 Å². The number of rotatable bonds is 13. The molecule has 0 aliphatic heterocycles. The van der Waals surface area contributed by atoms with Crippen molar-refractivity contribution in [3.63, 3.8) is 0 Å². The van der Waals surface area contributed by atoms with Gasteiger partial charge in [-0.2, -0.15) is 47.9 Å². The van der Waals surface area contributed by atoms with Crippen molar-refractivity contribution >= 4 is 20.4 Å². The molecule has 0 aliphatic carbocycles. The lowest BCUT2D eigenvalue weighted by molar-refractivity contribution is -0.382. The number of halogens is 9. The molecular formula is C27H25F9O4S2. The zero-order valence-electron chi connectivity index (χ0n) is 21.8. The largest absolute Gasteiger partial charge is 0.494 e. The molecule has 0 radical (unpaired) electrons. The summed E-state index contributed by atoms with van der Waals surface area (Å²) in [7, 11) is -11.3. The quantitative estimate of drug-likeness (QED) is 0.137. The van der Waals surface area contributed by atoms with Gasteiger partial charge in [0, 0.05) is 14.7 Å². The van der Waals surface area contributed by atoms with Crippen LogP contribution in [-0.2, 0) is 13.7 Å². The van der Waals surface area contributed by atoms with Gasteiger partial charge in [0.2, 0.25) is 0 Å². The monoisotopic (exact) mass is 648 g/mol. The molecule has 232 valence electrons. The maximum atomic E-state index is 14.9. The summed E-state index contributed by atoms with van der Waals surface area (Å²) in [5, 5.41) is -7.04. The van der Waals surface area contributed by atoms with E-state index in [0.717, 1.165) is 12.8 Å². The number of ether oxygens (including phenoxy) is 1. The Hall–Kier alpha value is -2.91. The summed E-state index contributed by atoms with van der Waals surface area (Å²) < 4.78 is 160. The molecule has 3 aromatic carbocycles. The van der Waals surface area contributed by atoms with Gasteiger partial charge in [0.1, 0.15) is 5.75 Å². The summed E-state index contributed by atoms with van der Waals surface area (Å²) in [6.45, 7) is 2.28. The van der Waals surface area contributed by atoms with Crippen LogP contribution in [0, 0.1) is 0 Å². The Morgan fingerprint density at radius 1 is 0.619 bits per heavy atom. The molecule has 3 rings (SSSR count). The fourth-order valence-corrected chi connectivity index (χ4v) is 8.93. The third-order valence-electron chi connectivity index (χ3n) is 5.94.